The highest BCUT2D eigenvalue weighted by atomic mass is 127. The first-order valence-corrected chi connectivity index (χ1v) is 8.09. The Balaban J connectivity index is 0.00000264. The van der Waals surface area contributed by atoms with Gasteiger partial charge in [-0.05, 0) is 37.5 Å². The molecular weight excluding hydrogens is 403 g/mol. The molecule has 2 rings (SSSR count). The number of rotatable bonds is 6. The molecule has 0 saturated carbocycles. The summed E-state index contributed by atoms with van der Waals surface area (Å²) in [6, 6.07) is 8.50. The Bertz CT molecular complexity index is 470. The van der Waals surface area contributed by atoms with Crippen LogP contribution in [-0.2, 0) is 11.3 Å². The van der Waals surface area contributed by atoms with Gasteiger partial charge >= 0.3 is 0 Å². The maximum Gasteiger partial charge on any atom is 0.191 e. The van der Waals surface area contributed by atoms with Crippen LogP contribution in [0.1, 0.15) is 25.3 Å². The van der Waals surface area contributed by atoms with Gasteiger partial charge in [0.15, 0.2) is 5.96 Å². The molecule has 23 heavy (non-hydrogen) atoms. The summed E-state index contributed by atoms with van der Waals surface area (Å²) < 4.78 is 5.63. The zero-order chi connectivity index (χ0) is 15.8. The van der Waals surface area contributed by atoms with Crippen molar-refractivity contribution < 1.29 is 4.74 Å². The monoisotopic (exact) mass is 432 g/mol. The first-order chi connectivity index (χ1) is 10.7. The molecule has 2 N–H and O–H groups in total. The van der Waals surface area contributed by atoms with Crippen LogP contribution in [0.2, 0.25) is 0 Å². The molecule has 130 valence electrons. The largest absolute Gasteiger partial charge is 0.378 e. The molecule has 1 aliphatic rings. The number of benzene rings is 1. The molecular formula is C17H29IN4O. The Kier molecular flexibility index (Phi) is 9.31. The third-order valence-corrected chi connectivity index (χ3v) is 3.74. The van der Waals surface area contributed by atoms with E-state index in [9.17, 15) is 0 Å². The van der Waals surface area contributed by atoms with Crippen LogP contribution in [-0.4, -0.2) is 45.9 Å². The van der Waals surface area contributed by atoms with E-state index in [1.807, 2.05) is 14.1 Å². The van der Waals surface area contributed by atoms with Gasteiger partial charge in [0.25, 0.3) is 0 Å². The highest BCUT2D eigenvalue weighted by Gasteiger charge is 2.15. The lowest BCUT2D eigenvalue weighted by atomic mass is 10.2. The SMILES string of the molecule is CCNC(=NCc1ccc(N(C)C)cc1)NCC1CCCO1.I. The van der Waals surface area contributed by atoms with E-state index in [4.69, 9.17) is 4.74 Å². The van der Waals surface area contributed by atoms with Crippen molar-refractivity contribution in [2.45, 2.75) is 32.4 Å². The van der Waals surface area contributed by atoms with Gasteiger partial charge in [0.2, 0.25) is 0 Å². The Morgan fingerprint density at radius 1 is 1.26 bits per heavy atom. The van der Waals surface area contributed by atoms with E-state index in [0.29, 0.717) is 12.6 Å². The van der Waals surface area contributed by atoms with Gasteiger partial charge in [0, 0.05) is 39.5 Å². The summed E-state index contributed by atoms with van der Waals surface area (Å²) in [6.45, 7) is 5.32. The van der Waals surface area contributed by atoms with Crippen molar-refractivity contribution in [1.29, 1.82) is 0 Å². The lowest BCUT2D eigenvalue weighted by molar-refractivity contribution is 0.114. The van der Waals surface area contributed by atoms with Crippen LogP contribution in [0, 0.1) is 0 Å². The number of hydrogen-bond acceptors (Lipinski definition) is 3. The molecule has 1 saturated heterocycles. The predicted octanol–water partition coefficient (Wildman–Crippen LogP) is 2.60. The van der Waals surface area contributed by atoms with Crippen LogP contribution in [0.3, 0.4) is 0 Å². The fraction of sp³-hybridized carbons (Fsp3) is 0.588. The minimum Gasteiger partial charge on any atom is -0.378 e. The molecule has 0 aliphatic carbocycles. The molecule has 0 spiro atoms. The Morgan fingerprint density at radius 2 is 2.00 bits per heavy atom. The van der Waals surface area contributed by atoms with E-state index < -0.39 is 0 Å². The van der Waals surface area contributed by atoms with Gasteiger partial charge in [0.05, 0.1) is 12.6 Å². The number of hydrogen-bond donors (Lipinski definition) is 2. The average molecular weight is 432 g/mol. The average Bonchev–Trinajstić information content (AvgIpc) is 3.04. The number of nitrogens with one attached hydrogen (secondary N) is 2. The second-order valence-corrected chi connectivity index (χ2v) is 5.77. The molecule has 0 aromatic heterocycles. The summed E-state index contributed by atoms with van der Waals surface area (Å²) in [4.78, 5) is 6.74. The van der Waals surface area contributed by atoms with Crippen molar-refractivity contribution in [3.8, 4) is 0 Å². The van der Waals surface area contributed by atoms with Gasteiger partial charge < -0.3 is 20.3 Å². The zero-order valence-corrected chi connectivity index (χ0v) is 16.7. The fourth-order valence-corrected chi connectivity index (χ4v) is 2.43. The molecule has 1 unspecified atom stereocenters. The highest BCUT2D eigenvalue weighted by Crippen LogP contribution is 2.13. The topological polar surface area (TPSA) is 48.9 Å². The molecule has 1 aromatic rings. The zero-order valence-electron chi connectivity index (χ0n) is 14.3. The summed E-state index contributed by atoms with van der Waals surface area (Å²) in [5.41, 5.74) is 2.41. The van der Waals surface area contributed by atoms with Gasteiger partial charge in [-0.15, -0.1) is 24.0 Å². The van der Waals surface area contributed by atoms with E-state index in [1.54, 1.807) is 0 Å². The smallest absolute Gasteiger partial charge is 0.191 e. The normalized spacial score (nSPS) is 17.5. The van der Waals surface area contributed by atoms with Crippen LogP contribution in [0.4, 0.5) is 5.69 Å². The van der Waals surface area contributed by atoms with Crippen molar-refractivity contribution in [2.75, 3.05) is 38.7 Å². The Hall–Kier alpha value is -1.02. The van der Waals surface area contributed by atoms with Crippen LogP contribution < -0.4 is 15.5 Å². The van der Waals surface area contributed by atoms with E-state index in [1.165, 1.54) is 11.3 Å². The number of anilines is 1. The van der Waals surface area contributed by atoms with Crippen LogP contribution in [0.15, 0.2) is 29.3 Å². The van der Waals surface area contributed by atoms with Crippen LogP contribution in [0.5, 0.6) is 0 Å². The molecule has 1 fully saturated rings. The second kappa shape index (κ2) is 10.7. The third kappa shape index (κ3) is 6.95. The van der Waals surface area contributed by atoms with Crippen molar-refractivity contribution in [2.24, 2.45) is 4.99 Å². The molecule has 6 heteroatoms. The summed E-state index contributed by atoms with van der Waals surface area (Å²) in [5.74, 6) is 0.856. The second-order valence-electron chi connectivity index (χ2n) is 5.77. The minimum absolute atomic E-state index is 0. The quantitative estimate of drug-likeness (QED) is 0.412. The lowest BCUT2D eigenvalue weighted by Gasteiger charge is -2.15. The molecule has 1 aromatic carbocycles. The number of halogens is 1. The van der Waals surface area contributed by atoms with Crippen LogP contribution >= 0.6 is 24.0 Å². The van der Waals surface area contributed by atoms with Gasteiger partial charge in [0.1, 0.15) is 0 Å². The van der Waals surface area contributed by atoms with E-state index >= 15 is 0 Å². The number of ether oxygens (including phenoxy) is 1. The van der Waals surface area contributed by atoms with E-state index in [2.05, 4.69) is 51.7 Å². The predicted molar refractivity (Wildman–Crippen MR) is 108 cm³/mol. The first kappa shape index (κ1) is 20.0. The third-order valence-electron chi connectivity index (χ3n) is 3.74. The maximum absolute atomic E-state index is 5.63. The molecule has 1 atom stereocenters. The van der Waals surface area contributed by atoms with Gasteiger partial charge in [-0.2, -0.15) is 0 Å². The Labute approximate surface area is 156 Å². The van der Waals surface area contributed by atoms with Gasteiger partial charge in [-0.25, -0.2) is 4.99 Å². The Morgan fingerprint density at radius 3 is 2.57 bits per heavy atom. The van der Waals surface area contributed by atoms with Gasteiger partial charge in [-0.3, -0.25) is 0 Å². The molecule has 0 radical (unpaired) electrons. The highest BCUT2D eigenvalue weighted by molar-refractivity contribution is 14.0. The van der Waals surface area contributed by atoms with E-state index in [-0.39, 0.29) is 24.0 Å². The van der Waals surface area contributed by atoms with Crippen molar-refractivity contribution in [3.05, 3.63) is 29.8 Å². The molecule has 0 bridgehead atoms. The van der Waals surface area contributed by atoms with Crippen molar-refractivity contribution >= 4 is 35.6 Å². The number of nitrogens with zero attached hydrogens (tertiary/aromatic N) is 2. The molecule has 1 aliphatic heterocycles. The summed E-state index contributed by atoms with van der Waals surface area (Å²) in [6.07, 6.45) is 2.62. The number of guanidine groups is 1. The summed E-state index contributed by atoms with van der Waals surface area (Å²) >= 11 is 0. The molecule has 5 nitrogen and oxygen atoms in total. The summed E-state index contributed by atoms with van der Waals surface area (Å²) in [5, 5.41) is 6.65. The minimum atomic E-state index is 0. The van der Waals surface area contributed by atoms with Gasteiger partial charge in [-0.1, -0.05) is 12.1 Å². The van der Waals surface area contributed by atoms with E-state index in [0.717, 1.165) is 38.5 Å². The first-order valence-electron chi connectivity index (χ1n) is 8.09. The van der Waals surface area contributed by atoms with Crippen molar-refractivity contribution in [1.82, 2.24) is 10.6 Å². The summed E-state index contributed by atoms with van der Waals surface area (Å²) in [7, 11) is 4.09. The lowest BCUT2D eigenvalue weighted by Crippen LogP contribution is -2.41. The van der Waals surface area contributed by atoms with Crippen molar-refractivity contribution in [3.63, 3.8) is 0 Å². The van der Waals surface area contributed by atoms with Crippen LogP contribution in [0.25, 0.3) is 0 Å². The molecule has 0 amide bonds. The maximum atomic E-state index is 5.63. The standard InChI is InChI=1S/C17H28N4O.HI/c1-4-18-17(20-13-16-6-5-11-22-16)19-12-14-7-9-15(10-8-14)21(2)3;/h7-10,16H,4-6,11-13H2,1-3H3,(H2,18,19,20);1H. The fourth-order valence-electron chi connectivity index (χ4n) is 2.43. The molecule has 1 heterocycles. The number of aliphatic imine (C=N–C) groups is 1.